The van der Waals surface area contributed by atoms with Crippen molar-refractivity contribution >= 4 is 22.5 Å². The third-order valence-electron chi connectivity index (χ3n) is 2.71. The Hall–Kier alpha value is -1.45. The molecule has 1 aromatic heterocycles. The topological polar surface area (TPSA) is 33.1 Å². The summed E-state index contributed by atoms with van der Waals surface area (Å²) in [5.74, 6) is -0.353. The molecule has 0 amide bonds. The summed E-state index contributed by atoms with van der Waals surface area (Å²) in [6, 6.07) is 6.06. The molecule has 2 rings (SSSR count). The Morgan fingerprint density at radius 1 is 1.44 bits per heavy atom. The van der Waals surface area contributed by atoms with E-state index in [4.69, 9.17) is 11.6 Å². The number of nitrogens with zero attached hydrogens (tertiary/aromatic N) is 1. The van der Waals surface area contributed by atoms with Crippen LogP contribution in [0, 0.1) is 5.82 Å². The van der Waals surface area contributed by atoms with E-state index in [0.717, 1.165) is 5.39 Å². The van der Waals surface area contributed by atoms with Gasteiger partial charge in [-0.15, -0.1) is 0 Å². The lowest BCUT2D eigenvalue weighted by molar-refractivity contribution is 0.181. The molecule has 0 aliphatic rings. The van der Waals surface area contributed by atoms with Gasteiger partial charge in [-0.3, -0.25) is 0 Å². The minimum atomic E-state index is -0.698. The first kappa shape index (κ1) is 13.0. The Labute approximate surface area is 110 Å². The maximum atomic E-state index is 13.1. The third-order valence-corrected chi connectivity index (χ3v) is 3.02. The Balaban J connectivity index is 2.45. The zero-order chi connectivity index (χ0) is 13.1. The first-order chi connectivity index (χ1) is 8.61. The zero-order valence-electron chi connectivity index (χ0n) is 9.90. The molecule has 1 heterocycles. The maximum Gasteiger partial charge on any atom is 0.135 e. The second-order valence-corrected chi connectivity index (χ2v) is 4.38. The zero-order valence-corrected chi connectivity index (χ0v) is 10.7. The molecule has 0 aliphatic carbocycles. The standard InChI is InChI=1S/C14H13ClFNO/c1-2-3-4-13(18)11-7-9-5-6-10(16)8-12(9)17-14(11)15/h2-3,5-8,13,18H,4H2,1H3/b3-2+. The van der Waals surface area contributed by atoms with Crippen LogP contribution in [0.2, 0.25) is 5.15 Å². The van der Waals surface area contributed by atoms with Gasteiger partial charge in [0, 0.05) is 17.0 Å². The first-order valence-corrected chi connectivity index (χ1v) is 6.04. The second kappa shape index (κ2) is 5.46. The van der Waals surface area contributed by atoms with Crippen molar-refractivity contribution in [3.63, 3.8) is 0 Å². The van der Waals surface area contributed by atoms with Crippen LogP contribution in [0.1, 0.15) is 25.0 Å². The molecule has 0 aliphatic heterocycles. The predicted molar refractivity (Wildman–Crippen MR) is 71.1 cm³/mol. The maximum absolute atomic E-state index is 13.1. The fourth-order valence-electron chi connectivity index (χ4n) is 1.76. The van der Waals surface area contributed by atoms with E-state index in [2.05, 4.69) is 4.98 Å². The Bertz CT molecular complexity index is 598. The van der Waals surface area contributed by atoms with Crippen molar-refractivity contribution in [2.24, 2.45) is 0 Å². The van der Waals surface area contributed by atoms with Gasteiger partial charge < -0.3 is 5.11 Å². The van der Waals surface area contributed by atoms with Crippen LogP contribution < -0.4 is 0 Å². The van der Waals surface area contributed by atoms with Crippen LogP contribution in [0.5, 0.6) is 0 Å². The molecule has 0 fully saturated rings. The smallest absolute Gasteiger partial charge is 0.135 e. The quantitative estimate of drug-likeness (QED) is 0.671. The van der Waals surface area contributed by atoms with Gasteiger partial charge in [-0.05, 0) is 31.5 Å². The SMILES string of the molecule is C/C=C/CC(O)c1cc2ccc(F)cc2nc1Cl. The van der Waals surface area contributed by atoms with E-state index in [1.54, 1.807) is 12.1 Å². The Kier molecular flexibility index (Phi) is 3.94. The van der Waals surface area contributed by atoms with E-state index >= 15 is 0 Å². The van der Waals surface area contributed by atoms with Gasteiger partial charge in [0.1, 0.15) is 11.0 Å². The highest BCUT2D eigenvalue weighted by Crippen LogP contribution is 2.28. The van der Waals surface area contributed by atoms with Gasteiger partial charge in [-0.2, -0.15) is 0 Å². The van der Waals surface area contributed by atoms with Crippen molar-refractivity contribution < 1.29 is 9.50 Å². The van der Waals surface area contributed by atoms with Crippen molar-refractivity contribution in [1.82, 2.24) is 4.98 Å². The monoisotopic (exact) mass is 265 g/mol. The normalized spacial score (nSPS) is 13.3. The molecule has 1 aromatic carbocycles. The summed E-state index contributed by atoms with van der Waals surface area (Å²) in [6.45, 7) is 1.88. The first-order valence-electron chi connectivity index (χ1n) is 5.66. The summed E-state index contributed by atoms with van der Waals surface area (Å²) < 4.78 is 13.1. The molecule has 2 nitrogen and oxygen atoms in total. The molecular formula is C14H13ClFNO. The van der Waals surface area contributed by atoms with E-state index in [9.17, 15) is 9.50 Å². The molecule has 0 saturated carbocycles. The number of aromatic nitrogens is 1. The van der Waals surface area contributed by atoms with Crippen LogP contribution in [0.25, 0.3) is 10.9 Å². The molecule has 0 radical (unpaired) electrons. The summed E-state index contributed by atoms with van der Waals surface area (Å²) in [5, 5.41) is 11.0. The van der Waals surface area contributed by atoms with Gasteiger partial charge in [0.2, 0.25) is 0 Å². The number of hydrogen-bond donors (Lipinski definition) is 1. The van der Waals surface area contributed by atoms with E-state index in [-0.39, 0.29) is 11.0 Å². The highest BCUT2D eigenvalue weighted by molar-refractivity contribution is 6.30. The number of fused-ring (bicyclic) bond motifs is 1. The summed E-state index contributed by atoms with van der Waals surface area (Å²) in [6.07, 6.45) is 3.50. The molecule has 18 heavy (non-hydrogen) atoms. The molecule has 0 spiro atoms. The summed E-state index contributed by atoms with van der Waals surface area (Å²) in [7, 11) is 0. The number of aliphatic hydroxyl groups is 1. The van der Waals surface area contributed by atoms with Gasteiger partial charge in [0.25, 0.3) is 0 Å². The number of hydrogen-bond acceptors (Lipinski definition) is 2. The van der Waals surface area contributed by atoms with Gasteiger partial charge in [-0.25, -0.2) is 9.37 Å². The molecule has 4 heteroatoms. The lowest BCUT2D eigenvalue weighted by atomic mass is 10.1. The largest absolute Gasteiger partial charge is 0.388 e. The van der Waals surface area contributed by atoms with Crippen LogP contribution >= 0.6 is 11.6 Å². The van der Waals surface area contributed by atoms with Crippen molar-refractivity contribution in [3.05, 3.63) is 53.0 Å². The molecule has 94 valence electrons. The van der Waals surface area contributed by atoms with Gasteiger partial charge in [0.05, 0.1) is 11.6 Å². The van der Waals surface area contributed by atoms with Crippen LogP contribution in [0.3, 0.4) is 0 Å². The second-order valence-electron chi connectivity index (χ2n) is 4.03. The number of rotatable bonds is 3. The van der Waals surface area contributed by atoms with E-state index in [1.807, 2.05) is 19.1 Å². The lowest BCUT2D eigenvalue weighted by Crippen LogP contribution is -1.99. The number of pyridine rings is 1. The van der Waals surface area contributed by atoms with Gasteiger partial charge in [0.15, 0.2) is 0 Å². The molecule has 0 bridgehead atoms. The number of halogens is 2. The minimum Gasteiger partial charge on any atom is -0.388 e. The highest BCUT2D eigenvalue weighted by Gasteiger charge is 2.13. The van der Waals surface area contributed by atoms with Crippen LogP contribution in [-0.2, 0) is 0 Å². The fraction of sp³-hybridized carbons (Fsp3) is 0.214. The number of aliphatic hydroxyl groups excluding tert-OH is 1. The number of allylic oxidation sites excluding steroid dienone is 1. The summed E-state index contributed by atoms with van der Waals surface area (Å²) >= 11 is 6.01. The van der Waals surface area contributed by atoms with Crippen LogP contribution in [-0.4, -0.2) is 10.1 Å². The molecular weight excluding hydrogens is 253 g/mol. The molecule has 0 saturated heterocycles. The molecule has 1 N–H and O–H groups in total. The molecule has 2 aromatic rings. The number of benzene rings is 1. The van der Waals surface area contributed by atoms with Gasteiger partial charge >= 0.3 is 0 Å². The fourth-order valence-corrected chi connectivity index (χ4v) is 2.03. The average Bonchev–Trinajstić information content (AvgIpc) is 2.35. The highest BCUT2D eigenvalue weighted by atomic mass is 35.5. The van der Waals surface area contributed by atoms with Crippen molar-refractivity contribution in [2.75, 3.05) is 0 Å². The van der Waals surface area contributed by atoms with E-state index < -0.39 is 6.10 Å². The van der Waals surface area contributed by atoms with Crippen LogP contribution in [0.15, 0.2) is 36.4 Å². The summed E-state index contributed by atoms with van der Waals surface area (Å²) in [4.78, 5) is 4.11. The molecule has 1 unspecified atom stereocenters. The third kappa shape index (κ3) is 2.68. The Morgan fingerprint density at radius 3 is 2.94 bits per heavy atom. The van der Waals surface area contributed by atoms with Crippen molar-refractivity contribution in [1.29, 1.82) is 0 Å². The summed E-state index contributed by atoms with van der Waals surface area (Å²) in [5.41, 5.74) is 1.05. The van der Waals surface area contributed by atoms with Crippen molar-refractivity contribution in [2.45, 2.75) is 19.4 Å². The van der Waals surface area contributed by atoms with E-state index in [0.29, 0.717) is 17.5 Å². The lowest BCUT2D eigenvalue weighted by Gasteiger charge is -2.11. The average molecular weight is 266 g/mol. The predicted octanol–water partition coefficient (Wildman–Crippen LogP) is 4.03. The molecule has 1 atom stereocenters. The van der Waals surface area contributed by atoms with Gasteiger partial charge in [-0.1, -0.05) is 23.8 Å². The van der Waals surface area contributed by atoms with E-state index in [1.165, 1.54) is 12.1 Å². The van der Waals surface area contributed by atoms with Crippen LogP contribution in [0.4, 0.5) is 4.39 Å². The minimum absolute atomic E-state index is 0.213. The van der Waals surface area contributed by atoms with Crippen molar-refractivity contribution in [3.8, 4) is 0 Å². The Morgan fingerprint density at radius 2 is 2.22 bits per heavy atom.